The van der Waals surface area contributed by atoms with Crippen LogP contribution >= 0.6 is 32.9 Å². The Bertz CT molecular complexity index is 885. The summed E-state index contributed by atoms with van der Waals surface area (Å²) in [6, 6.07) is 15.2. The Morgan fingerprint density at radius 2 is 1.88 bits per heavy atom. The van der Waals surface area contributed by atoms with E-state index in [1.807, 2.05) is 57.7 Å². The first-order valence-corrected chi connectivity index (χ1v) is 8.07. The first-order chi connectivity index (χ1) is 11.1. The van der Waals surface area contributed by atoms with Gasteiger partial charge in [0.25, 0.3) is 0 Å². The molecule has 0 atom stereocenters. The number of halogens is 2. The lowest BCUT2D eigenvalue weighted by Crippen LogP contribution is -2.40. The van der Waals surface area contributed by atoms with Crippen molar-refractivity contribution < 1.29 is 9.36 Å². The third-order valence-electron chi connectivity index (χ3n) is 3.80. The number of hydrogen-bond donors (Lipinski definition) is 1. The summed E-state index contributed by atoms with van der Waals surface area (Å²) < 4.78 is 4.75. The highest BCUT2D eigenvalue weighted by atomic mass is 79.9. The number of para-hydroxylation sites is 2. The number of allylic oxidation sites excluding steroid dienone is 1. The summed E-state index contributed by atoms with van der Waals surface area (Å²) in [5.74, 6) is 0.576. The number of anilines is 1. The number of nitrogens with two attached hydrogens (primary N) is 1. The number of Topliss-reactive ketones (excluding diaryl/α,β-unsaturated/α-hetero) is 1. The smallest absolute Gasteiger partial charge is 0.291 e. The molecule has 0 unspecified atom stereocenters. The van der Waals surface area contributed by atoms with E-state index in [2.05, 4.69) is 22.5 Å². The third-order valence-corrected chi connectivity index (χ3v) is 4.32. The zero-order valence-electron chi connectivity index (χ0n) is 13.0. The summed E-state index contributed by atoms with van der Waals surface area (Å²) in [6.45, 7) is 4.58. The van der Waals surface area contributed by atoms with Gasteiger partial charge in [-0.15, -0.1) is 17.0 Å². The summed E-state index contributed by atoms with van der Waals surface area (Å²) in [4.78, 5) is 12.6. The second-order valence-electron chi connectivity index (χ2n) is 5.26. The van der Waals surface area contributed by atoms with Gasteiger partial charge in [-0.05, 0) is 24.3 Å². The number of imidazole rings is 1. The van der Waals surface area contributed by atoms with E-state index in [1.165, 1.54) is 0 Å². The molecule has 0 saturated heterocycles. The number of hydrogen-bond acceptors (Lipinski definition) is 2. The van der Waals surface area contributed by atoms with Crippen molar-refractivity contribution in [3.63, 3.8) is 0 Å². The van der Waals surface area contributed by atoms with Gasteiger partial charge in [0.15, 0.2) is 5.78 Å². The van der Waals surface area contributed by atoms with E-state index in [9.17, 15) is 4.79 Å². The molecule has 0 aliphatic carbocycles. The van der Waals surface area contributed by atoms with Gasteiger partial charge in [-0.3, -0.25) is 10.5 Å². The van der Waals surface area contributed by atoms with E-state index in [-0.39, 0.29) is 29.3 Å². The molecule has 4 nitrogen and oxygen atoms in total. The molecule has 1 aromatic heterocycles. The number of carbonyl (C=O) groups excluding carboxylic acids is 1. The first-order valence-electron chi connectivity index (χ1n) is 7.28. The van der Waals surface area contributed by atoms with Crippen LogP contribution in [0.25, 0.3) is 11.0 Å². The number of nitrogen functional groups attached to an aromatic ring is 1. The molecule has 24 heavy (non-hydrogen) atoms. The number of fused-ring (bicyclic) bond motifs is 1. The summed E-state index contributed by atoms with van der Waals surface area (Å²) in [6.07, 6.45) is 1.80. The standard InChI is InChI=1S/C18H16BrN3O.BrH/c1-2-11-21-15-5-3-4-6-16(15)22(18(21)20)12-17(23)13-7-9-14(19)10-8-13;/h2-10,20H,1,11-12H2;1H/p+1. The Morgan fingerprint density at radius 1 is 1.21 bits per heavy atom. The molecule has 0 spiro atoms. The molecule has 0 aliphatic heterocycles. The van der Waals surface area contributed by atoms with Crippen LogP contribution in [0.4, 0.5) is 5.95 Å². The summed E-state index contributed by atoms with van der Waals surface area (Å²) in [5.41, 5.74) is 8.87. The third kappa shape index (κ3) is 3.44. The monoisotopic (exact) mass is 450 g/mol. The van der Waals surface area contributed by atoms with Gasteiger partial charge in [-0.1, -0.05) is 52.9 Å². The summed E-state index contributed by atoms with van der Waals surface area (Å²) >= 11 is 3.38. The lowest BCUT2D eigenvalue weighted by molar-refractivity contribution is -0.642. The van der Waals surface area contributed by atoms with Crippen LogP contribution in [-0.4, -0.2) is 10.4 Å². The Hall–Kier alpha value is -1.92. The van der Waals surface area contributed by atoms with Gasteiger partial charge in [0.1, 0.15) is 17.6 Å². The molecule has 0 amide bonds. The molecular weight excluding hydrogens is 434 g/mol. The van der Waals surface area contributed by atoms with Gasteiger partial charge in [-0.25, -0.2) is 9.13 Å². The molecule has 2 N–H and O–H groups in total. The lowest BCUT2D eigenvalue weighted by Gasteiger charge is -2.02. The maximum Gasteiger partial charge on any atom is 0.356 e. The Morgan fingerprint density at radius 3 is 2.54 bits per heavy atom. The van der Waals surface area contributed by atoms with Crippen molar-refractivity contribution >= 4 is 55.7 Å². The predicted molar refractivity (Wildman–Crippen MR) is 106 cm³/mol. The molecule has 0 saturated carbocycles. The Balaban J connectivity index is 0.00000208. The normalized spacial score (nSPS) is 10.4. The number of benzene rings is 2. The molecular formula is C18H18Br2N3O+. The van der Waals surface area contributed by atoms with E-state index in [0.717, 1.165) is 15.5 Å². The second kappa shape index (κ2) is 7.77. The average molecular weight is 452 g/mol. The minimum Gasteiger partial charge on any atom is -0.291 e. The fourth-order valence-corrected chi connectivity index (χ4v) is 2.94. The molecule has 1 heterocycles. The fourth-order valence-electron chi connectivity index (χ4n) is 2.67. The molecule has 124 valence electrons. The van der Waals surface area contributed by atoms with Crippen LogP contribution in [-0.2, 0) is 13.1 Å². The van der Waals surface area contributed by atoms with E-state index < -0.39 is 0 Å². The molecule has 0 aliphatic rings. The topological polar surface area (TPSA) is 51.9 Å². The van der Waals surface area contributed by atoms with Gasteiger partial charge in [0.2, 0.25) is 0 Å². The zero-order chi connectivity index (χ0) is 16.4. The number of nitrogens with zero attached hydrogens (tertiary/aromatic N) is 2. The number of carbonyl (C=O) groups is 1. The largest absolute Gasteiger partial charge is 0.356 e. The molecule has 3 aromatic rings. The first kappa shape index (κ1) is 18.4. The maximum absolute atomic E-state index is 12.6. The number of aromatic nitrogens is 2. The Labute approximate surface area is 159 Å². The van der Waals surface area contributed by atoms with Crippen LogP contribution in [0.15, 0.2) is 65.7 Å². The highest BCUT2D eigenvalue weighted by molar-refractivity contribution is 9.10. The predicted octanol–water partition coefficient (Wildman–Crippen LogP) is 3.92. The van der Waals surface area contributed by atoms with E-state index >= 15 is 0 Å². The minimum absolute atomic E-state index is 0. The fraction of sp³-hybridized carbons (Fsp3) is 0.111. The van der Waals surface area contributed by atoms with Crippen LogP contribution < -0.4 is 10.3 Å². The SMILES string of the molecule is Br.C=CCn1c(N)[n+](CC(=O)c2ccc(Br)cc2)c2ccccc21. The number of ketones is 1. The molecule has 2 aromatic carbocycles. The lowest BCUT2D eigenvalue weighted by atomic mass is 10.1. The molecule has 6 heteroatoms. The quantitative estimate of drug-likeness (QED) is 0.363. The van der Waals surface area contributed by atoms with Gasteiger partial charge in [-0.2, -0.15) is 0 Å². The van der Waals surface area contributed by atoms with E-state index in [4.69, 9.17) is 5.73 Å². The van der Waals surface area contributed by atoms with Gasteiger partial charge < -0.3 is 0 Å². The van der Waals surface area contributed by atoms with Crippen molar-refractivity contribution in [2.45, 2.75) is 13.1 Å². The van der Waals surface area contributed by atoms with Crippen LogP contribution in [0, 0.1) is 0 Å². The molecule has 0 fully saturated rings. The van der Waals surface area contributed by atoms with Crippen LogP contribution in [0.2, 0.25) is 0 Å². The molecule has 0 bridgehead atoms. The summed E-state index contributed by atoms with van der Waals surface area (Å²) in [7, 11) is 0. The van der Waals surface area contributed by atoms with Crippen LogP contribution in [0.3, 0.4) is 0 Å². The van der Waals surface area contributed by atoms with Crippen molar-refractivity contribution in [1.82, 2.24) is 4.57 Å². The van der Waals surface area contributed by atoms with Crippen molar-refractivity contribution in [1.29, 1.82) is 0 Å². The molecule has 3 rings (SSSR count). The van der Waals surface area contributed by atoms with Crippen molar-refractivity contribution in [2.75, 3.05) is 5.73 Å². The van der Waals surface area contributed by atoms with Crippen molar-refractivity contribution in [3.05, 3.63) is 71.2 Å². The van der Waals surface area contributed by atoms with Crippen molar-refractivity contribution in [2.24, 2.45) is 0 Å². The number of rotatable bonds is 5. The van der Waals surface area contributed by atoms with Crippen molar-refractivity contribution in [3.8, 4) is 0 Å². The maximum atomic E-state index is 12.6. The minimum atomic E-state index is 0. The van der Waals surface area contributed by atoms with E-state index in [1.54, 1.807) is 6.08 Å². The average Bonchev–Trinajstić information content (AvgIpc) is 2.82. The van der Waals surface area contributed by atoms with Gasteiger partial charge in [0, 0.05) is 10.0 Å². The van der Waals surface area contributed by atoms with E-state index in [0.29, 0.717) is 18.1 Å². The van der Waals surface area contributed by atoms with Crippen LogP contribution in [0.1, 0.15) is 10.4 Å². The van der Waals surface area contributed by atoms with Gasteiger partial charge in [0.05, 0.1) is 6.54 Å². The van der Waals surface area contributed by atoms with Gasteiger partial charge >= 0.3 is 5.95 Å². The second-order valence-corrected chi connectivity index (χ2v) is 6.18. The van der Waals surface area contributed by atoms with Crippen LogP contribution in [0.5, 0.6) is 0 Å². The Kier molecular flexibility index (Phi) is 5.96. The molecule has 0 radical (unpaired) electrons. The zero-order valence-corrected chi connectivity index (χ0v) is 16.3. The highest BCUT2D eigenvalue weighted by Crippen LogP contribution is 2.17. The summed E-state index contributed by atoms with van der Waals surface area (Å²) in [5, 5.41) is 0. The highest BCUT2D eigenvalue weighted by Gasteiger charge is 2.22.